The molecule has 0 aliphatic carbocycles. The van der Waals surface area contributed by atoms with Crippen LogP contribution in [0.2, 0.25) is 0 Å². The van der Waals surface area contributed by atoms with Gasteiger partial charge in [0.2, 0.25) is 0 Å². The number of aromatic carboxylic acids is 1. The highest BCUT2D eigenvalue weighted by Crippen LogP contribution is 2.28. The van der Waals surface area contributed by atoms with Crippen LogP contribution in [-0.4, -0.2) is 49.8 Å². The summed E-state index contributed by atoms with van der Waals surface area (Å²) in [5.41, 5.74) is 0.242. The van der Waals surface area contributed by atoms with E-state index in [0.29, 0.717) is 6.54 Å². The Bertz CT molecular complexity index is 637. The van der Waals surface area contributed by atoms with Gasteiger partial charge in [-0.05, 0) is 36.6 Å². The van der Waals surface area contributed by atoms with Crippen LogP contribution in [0.5, 0.6) is 0 Å². The van der Waals surface area contributed by atoms with E-state index in [-0.39, 0.29) is 21.6 Å². The molecule has 1 saturated heterocycles. The van der Waals surface area contributed by atoms with E-state index in [1.807, 2.05) is 0 Å². The Morgan fingerprint density at radius 1 is 1.38 bits per heavy atom. The molecular formula is C15H21NO4S. The second-order valence-corrected chi connectivity index (χ2v) is 8.45. The van der Waals surface area contributed by atoms with Gasteiger partial charge in [-0.15, -0.1) is 0 Å². The highest BCUT2D eigenvalue weighted by molar-refractivity contribution is 7.91. The Morgan fingerprint density at radius 3 is 2.67 bits per heavy atom. The predicted molar refractivity (Wildman–Crippen MR) is 80.3 cm³/mol. The third kappa shape index (κ3) is 4.04. The molecule has 21 heavy (non-hydrogen) atoms. The van der Waals surface area contributed by atoms with E-state index in [1.54, 1.807) is 0 Å². The summed E-state index contributed by atoms with van der Waals surface area (Å²) in [6.07, 6.45) is 1.07. The molecule has 2 rings (SSSR count). The van der Waals surface area contributed by atoms with E-state index in [2.05, 4.69) is 18.7 Å². The number of hydrogen-bond donors (Lipinski definition) is 1. The van der Waals surface area contributed by atoms with Gasteiger partial charge in [-0.3, -0.25) is 0 Å². The topological polar surface area (TPSA) is 74.7 Å². The number of carboxylic acids is 1. The van der Waals surface area contributed by atoms with Gasteiger partial charge >= 0.3 is 5.97 Å². The first-order valence-electron chi connectivity index (χ1n) is 6.98. The van der Waals surface area contributed by atoms with Gasteiger partial charge < -0.3 is 10.0 Å². The zero-order chi connectivity index (χ0) is 15.7. The lowest BCUT2D eigenvalue weighted by atomic mass is 9.93. The number of benzene rings is 1. The Balaban J connectivity index is 2.05. The molecule has 1 aliphatic heterocycles. The summed E-state index contributed by atoms with van der Waals surface area (Å²) < 4.78 is 24.6. The number of rotatable bonds is 5. The van der Waals surface area contributed by atoms with E-state index in [4.69, 9.17) is 5.11 Å². The Morgan fingerprint density at radius 2 is 2.10 bits per heavy atom. The molecule has 6 heteroatoms. The van der Waals surface area contributed by atoms with Crippen molar-refractivity contribution in [3.63, 3.8) is 0 Å². The first-order valence-corrected chi connectivity index (χ1v) is 8.63. The molecule has 0 spiro atoms. The van der Waals surface area contributed by atoms with Gasteiger partial charge in [-0.1, -0.05) is 19.9 Å². The molecule has 0 radical (unpaired) electrons. The SMILES string of the molecule is CC1(C)CCN(CCS(=O)(=O)c2cccc(C(=O)O)c2)C1. The summed E-state index contributed by atoms with van der Waals surface area (Å²) in [6.45, 7) is 6.66. The molecule has 5 nitrogen and oxygen atoms in total. The van der Waals surface area contributed by atoms with Crippen LogP contribution in [0.15, 0.2) is 29.2 Å². The molecule has 1 N–H and O–H groups in total. The minimum absolute atomic E-state index is 0.00150. The average molecular weight is 311 g/mol. The standard InChI is InChI=1S/C15H21NO4S/c1-15(2)6-7-16(11-15)8-9-21(19,20)13-5-3-4-12(10-13)14(17)18/h3-5,10H,6-9,11H2,1-2H3,(H,17,18). The molecule has 0 unspecified atom stereocenters. The molecule has 1 aromatic rings. The van der Waals surface area contributed by atoms with Gasteiger partial charge in [0.15, 0.2) is 9.84 Å². The van der Waals surface area contributed by atoms with Crippen molar-refractivity contribution in [2.24, 2.45) is 5.41 Å². The van der Waals surface area contributed by atoms with Crippen molar-refractivity contribution in [3.8, 4) is 0 Å². The van der Waals surface area contributed by atoms with Crippen molar-refractivity contribution in [2.75, 3.05) is 25.4 Å². The Kier molecular flexibility index (Phi) is 4.39. The fourth-order valence-corrected chi connectivity index (χ4v) is 3.93. The van der Waals surface area contributed by atoms with Crippen LogP contribution in [0, 0.1) is 5.41 Å². The maximum Gasteiger partial charge on any atom is 0.335 e. The fourth-order valence-electron chi connectivity index (χ4n) is 2.60. The molecule has 0 atom stereocenters. The van der Waals surface area contributed by atoms with E-state index < -0.39 is 15.8 Å². The molecule has 116 valence electrons. The quantitative estimate of drug-likeness (QED) is 0.899. The maximum atomic E-state index is 12.3. The zero-order valence-electron chi connectivity index (χ0n) is 12.4. The second-order valence-electron chi connectivity index (χ2n) is 6.34. The summed E-state index contributed by atoms with van der Waals surface area (Å²) in [4.78, 5) is 13.2. The van der Waals surface area contributed by atoms with Crippen molar-refractivity contribution >= 4 is 15.8 Å². The van der Waals surface area contributed by atoms with Crippen LogP contribution >= 0.6 is 0 Å². The molecule has 0 bridgehead atoms. The lowest BCUT2D eigenvalue weighted by Crippen LogP contribution is -2.29. The van der Waals surface area contributed by atoms with Gasteiger partial charge in [0, 0.05) is 13.1 Å². The normalized spacial score (nSPS) is 18.8. The molecule has 1 heterocycles. The van der Waals surface area contributed by atoms with Gasteiger partial charge in [0.1, 0.15) is 0 Å². The molecule has 0 saturated carbocycles. The highest BCUT2D eigenvalue weighted by Gasteiger charge is 2.29. The minimum Gasteiger partial charge on any atom is -0.478 e. The van der Waals surface area contributed by atoms with E-state index in [9.17, 15) is 13.2 Å². The predicted octanol–water partition coefficient (Wildman–Crippen LogP) is 1.89. The third-order valence-electron chi connectivity index (χ3n) is 3.87. The highest BCUT2D eigenvalue weighted by atomic mass is 32.2. The van der Waals surface area contributed by atoms with Crippen molar-refractivity contribution in [2.45, 2.75) is 25.2 Å². The summed E-state index contributed by atoms with van der Waals surface area (Å²) in [6, 6.07) is 5.54. The van der Waals surface area contributed by atoms with Crippen LogP contribution in [0.3, 0.4) is 0 Å². The smallest absolute Gasteiger partial charge is 0.335 e. The van der Waals surface area contributed by atoms with Gasteiger partial charge in [0.25, 0.3) is 0 Å². The largest absolute Gasteiger partial charge is 0.478 e. The van der Waals surface area contributed by atoms with Crippen molar-refractivity contribution in [1.29, 1.82) is 0 Å². The van der Waals surface area contributed by atoms with Crippen LogP contribution in [0.1, 0.15) is 30.6 Å². The number of likely N-dealkylation sites (tertiary alicyclic amines) is 1. The van der Waals surface area contributed by atoms with E-state index in [0.717, 1.165) is 19.5 Å². The Hall–Kier alpha value is -1.40. The summed E-state index contributed by atoms with van der Waals surface area (Å²) in [5, 5.41) is 8.93. The fraction of sp³-hybridized carbons (Fsp3) is 0.533. The number of hydrogen-bond acceptors (Lipinski definition) is 4. The summed E-state index contributed by atoms with van der Waals surface area (Å²) in [7, 11) is -3.45. The molecule has 1 aliphatic rings. The van der Waals surface area contributed by atoms with Crippen LogP contribution in [0.25, 0.3) is 0 Å². The third-order valence-corrected chi connectivity index (χ3v) is 5.56. The minimum atomic E-state index is -3.45. The molecule has 1 fully saturated rings. The molecule has 0 aromatic heterocycles. The van der Waals surface area contributed by atoms with Crippen LogP contribution < -0.4 is 0 Å². The summed E-state index contributed by atoms with van der Waals surface area (Å²) in [5.74, 6) is -1.10. The monoisotopic (exact) mass is 311 g/mol. The van der Waals surface area contributed by atoms with Gasteiger partial charge in [0.05, 0.1) is 16.2 Å². The second kappa shape index (κ2) is 5.77. The van der Waals surface area contributed by atoms with Crippen molar-refractivity contribution in [3.05, 3.63) is 29.8 Å². The lowest BCUT2D eigenvalue weighted by Gasteiger charge is -2.19. The van der Waals surface area contributed by atoms with E-state index >= 15 is 0 Å². The lowest BCUT2D eigenvalue weighted by molar-refractivity contribution is 0.0696. The molecular weight excluding hydrogens is 290 g/mol. The van der Waals surface area contributed by atoms with Gasteiger partial charge in [-0.2, -0.15) is 0 Å². The summed E-state index contributed by atoms with van der Waals surface area (Å²) >= 11 is 0. The molecule has 1 aromatic carbocycles. The van der Waals surface area contributed by atoms with Gasteiger partial charge in [-0.25, -0.2) is 13.2 Å². The number of carboxylic acid groups (broad SMARTS) is 1. The van der Waals surface area contributed by atoms with Crippen molar-refractivity contribution in [1.82, 2.24) is 4.90 Å². The first kappa shape index (κ1) is 16.0. The van der Waals surface area contributed by atoms with E-state index in [1.165, 1.54) is 24.3 Å². The number of carbonyl (C=O) groups is 1. The molecule has 0 amide bonds. The van der Waals surface area contributed by atoms with Crippen LogP contribution in [-0.2, 0) is 9.84 Å². The first-order chi connectivity index (χ1) is 9.70. The van der Waals surface area contributed by atoms with Crippen LogP contribution in [0.4, 0.5) is 0 Å². The number of nitrogens with zero attached hydrogens (tertiary/aromatic N) is 1. The van der Waals surface area contributed by atoms with Crippen molar-refractivity contribution < 1.29 is 18.3 Å². The Labute approximate surface area is 125 Å². The average Bonchev–Trinajstić information content (AvgIpc) is 2.76. The maximum absolute atomic E-state index is 12.3. The zero-order valence-corrected chi connectivity index (χ0v) is 13.2. The number of sulfone groups is 1.